The minimum absolute atomic E-state index is 0.338. The number of aromatic nitrogens is 3. The van der Waals surface area contributed by atoms with Gasteiger partial charge in [-0.2, -0.15) is 5.10 Å². The maximum absolute atomic E-state index is 11.3. The maximum Gasteiger partial charge on any atom is 0.320 e. The van der Waals surface area contributed by atoms with Gasteiger partial charge < -0.3 is 10.4 Å². The van der Waals surface area contributed by atoms with E-state index in [9.17, 15) is 9.90 Å². The molecule has 0 fully saturated rings. The van der Waals surface area contributed by atoms with Gasteiger partial charge in [0.2, 0.25) is 0 Å². The molecule has 2 N–H and O–H groups in total. The number of hydrogen-bond acceptors (Lipinski definition) is 4. The van der Waals surface area contributed by atoms with E-state index in [0.717, 1.165) is 16.8 Å². The first kappa shape index (κ1) is 16.2. The molecule has 0 unspecified atom stereocenters. The Hall–Kier alpha value is -2.21. The van der Waals surface area contributed by atoms with Crippen LogP contribution in [0.4, 0.5) is 0 Å². The van der Waals surface area contributed by atoms with Gasteiger partial charge >= 0.3 is 5.97 Å². The molecular formula is C16H22N4O2. The van der Waals surface area contributed by atoms with Crippen LogP contribution in [-0.2, 0) is 11.3 Å². The quantitative estimate of drug-likeness (QED) is 0.819. The maximum atomic E-state index is 11.3. The van der Waals surface area contributed by atoms with Crippen LogP contribution in [-0.4, -0.2) is 31.9 Å². The van der Waals surface area contributed by atoms with Crippen molar-refractivity contribution < 1.29 is 9.90 Å². The highest BCUT2D eigenvalue weighted by atomic mass is 16.4. The van der Waals surface area contributed by atoms with Gasteiger partial charge in [-0.3, -0.25) is 4.79 Å². The van der Waals surface area contributed by atoms with Crippen LogP contribution in [0.15, 0.2) is 30.9 Å². The highest BCUT2D eigenvalue weighted by Crippen LogP contribution is 2.15. The van der Waals surface area contributed by atoms with E-state index in [1.54, 1.807) is 11.0 Å². The topological polar surface area (TPSA) is 80.0 Å². The predicted molar refractivity (Wildman–Crippen MR) is 83.8 cm³/mol. The zero-order chi connectivity index (χ0) is 16.1. The van der Waals surface area contributed by atoms with Crippen molar-refractivity contribution in [3.05, 3.63) is 42.0 Å². The fourth-order valence-corrected chi connectivity index (χ4v) is 2.40. The van der Waals surface area contributed by atoms with Gasteiger partial charge in [-0.05, 0) is 36.5 Å². The SMILES string of the molecule is Cc1cc(CN[C@H](CC(C)C)C(=O)O)ccc1-n1cncn1. The fraction of sp³-hybridized carbons (Fsp3) is 0.438. The third-order valence-corrected chi connectivity index (χ3v) is 3.48. The summed E-state index contributed by atoms with van der Waals surface area (Å²) >= 11 is 0. The van der Waals surface area contributed by atoms with Crippen molar-refractivity contribution in [3.8, 4) is 5.69 Å². The number of hydrogen-bond donors (Lipinski definition) is 2. The van der Waals surface area contributed by atoms with Crippen molar-refractivity contribution in [1.82, 2.24) is 20.1 Å². The molecule has 2 rings (SSSR count). The zero-order valence-corrected chi connectivity index (χ0v) is 13.2. The van der Waals surface area contributed by atoms with Crippen molar-refractivity contribution in [1.29, 1.82) is 0 Å². The number of carbonyl (C=O) groups is 1. The summed E-state index contributed by atoms with van der Waals surface area (Å²) < 4.78 is 1.71. The molecule has 118 valence electrons. The summed E-state index contributed by atoms with van der Waals surface area (Å²) in [6.07, 6.45) is 3.77. The van der Waals surface area contributed by atoms with Gasteiger partial charge in [0.05, 0.1) is 5.69 Å². The van der Waals surface area contributed by atoms with Gasteiger partial charge in [-0.1, -0.05) is 26.0 Å². The molecule has 0 bridgehead atoms. The van der Waals surface area contributed by atoms with Gasteiger partial charge in [0, 0.05) is 6.54 Å². The van der Waals surface area contributed by atoms with Crippen molar-refractivity contribution in [2.75, 3.05) is 0 Å². The molecule has 1 aromatic carbocycles. The smallest absolute Gasteiger partial charge is 0.320 e. The average molecular weight is 302 g/mol. The van der Waals surface area contributed by atoms with Crippen LogP contribution >= 0.6 is 0 Å². The van der Waals surface area contributed by atoms with Crippen LogP contribution in [0.1, 0.15) is 31.4 Å². The molecule has 1 atom stereocenters. The molecule has 0 saturated carbocycles. The number of carboxylic acid groups (broad SMARTS) is 1. The van der Waals surface area contributed by atoms with Crippen LogP contribution in [0, 0.1) is 12.8 Å². The van der Waals surface area contributed by atoms with Crippen LogP contribution in [0.3, 0.4) is 0 Å². The number of nitrogens with zero attached hydrogens (tertiary/aromatic N) is 3. The first-order chi connectivity index (χ1) is 10.5. The highest BCUT2D eigenvalue weighted by molar-refractivity contribution is 5.73. The van der Waals surface area contributed by atoms with E-state index in [1.807, 2.05) is 39.0 Å². The van der Waals surface area contributed by atoms with E-state index in [1.165, 1.54) is 6.33 Å². The van der Waals surface area contributed by atoms with E-state index < -0.39 is 12.0 Å². The molecule has 0 amide bonds. The molecule has 22 heavy (non-hydrogen) atoms. The Morgan fingerprint density at radius 1 is 1.41 bits per heavy atom. The number of aliphatic carboxylic acids is 1. The third-order valence-electron chi connectivity index (χ3n) is 3.48. The highest BCUT2D eigenvalue weighted by Gasteiger charge is 2.18. The summed E-state index contributed by atoms with van der Waals surface area (Å²) in [5, 5.41) is 16.5. The number of aryl methyl sites for hydroxylation is 1. The first-order valence-corrected chi connectivity index (χ1v) is 7.38. The lowest BCUT2D eigenvalue weighted by Crippen LogP contribution is -2.37. The molecule has 0 aliphatic rings. The van der Waals surface area contributed by atoms with Gasteiger partial charge in [0.25, 0.3) is 0 Å². The summed E-state index contributed by atoms with van der Waals surface area (Å²) in [6.45, 7) is 6.58. The summed E-state index contributed by atoms with van der Waals surface area (Å²) in [7, 11) is 0. The minimum Gasteiger partial charge on any atom is -0.480 e. The van der Waals surface area contributed by atoms with Crippen molar-refractivity contribution in [2.24, 2.45) is 5.92 Å². The van der Waals surface area contributed by atoms with E-state index in [0.29, 0.717) is 18.9 Å². The molecule has 2 aromatic rings. The zero-order valence-electron chi connectivity index (χ0n) is 13.2. The molecule has 1 aromatic heterocycles. The fourth-order valence-electron chi connectivity index (χ4n) is 2.40. The molecule has 0 radical (unpaired) electrons. The van der Waals surface area contributed by atoms with Gasteiger partial charge in [0.15, 0.2) is 0 Å². The summed E-state index contributed by atoms with van der Waals surface area (Å²) in [5.41, 5.74) is 3.09. The monoisotopic (exact) mass is 302 g/mol. The molecule has 0 spiro atoms. The molecule has 0 aliphatic heterocycles. The second-order valence-electron chi connectivity index (χ2n) is 5.86. The predicted octanol–water partition coefficient (Wildman–Crippen LogP) is 2.16. The largest absolute Gasteiger partial charge is 0.480 e. The van der Waals surface area contributed by atoms with Crippen LogP contribution in [0.25, 0.3) is 5.69 Å². The first-order valence-electron chi connectivity index (χ1n) is 7.38. The number of nitrogens with one attached hydrogen (secondary N) is 1. The third kappa shape index (κ3) is 4.14. The molecule has 0 saturated heterocycles. The molecule has 0 aliphatic carbocycles. The van der Waals surface area contributed by atoms with Gasteiger partial charge in [-0.25, -0.2) is 9.67 Å². The lowest BCUT2D eigenvalue weighted by atomic mass is 10.0. The van der Waals surface area contributed by atoms with Crippen molar-refractivity contribution in [2.45, 2.75) is 39.8 Å². The molecule has 1 heterocycles. The van der Waals surface area contributed by atoms with E-state index in [-0.39, 0.29) is 0 Å². The Morgan fingerprint density at radius 3 is 2.73 bits per heavy atom. The summed E-state index contributed by atoms with van der Waals surface area (Å²) in [4.78, 5) is 15.2. The standard InChI is InChI=1S/C16H22N4O2/c1-11(2)6-14(16(21)22)18-8-13-4-5-15(12(3)7-13)20-10-17-9-19-20/h4-5,7,9-11,14,18H,6,8H2,1-3H3,(H,21,22)/t14-/m1/s1. The second kappa shape index (κ2) is 7.17. The molecular weight excluding hydrogens is 280 g/mol. The average Bonchev–Trinajstić information content (AvgIpc) is 2.96. The Bertz CT molecular complexity index is 623. The van der Waals surface area contributed by atoms with Crippen molar-refractivity contribution >= 4 is 5.97 Å². The minimum atomic E-state index is -0.801. The van der Waals surface area contributed by atoms with Gasteiger partial charge in [-0.15, -0.1) is 0 Å². The Kier molecular flexibility index (Phi) is 5.27. The van der Waals surface area contributed by atoms with Crippen LogP contribution in [0.5, 0.6) is 0 Å². The second-order valence-corrected chi connectivity index (χ2v) is 5.86. The summed E-state index contributed by atoms with van der Waals surface area (Å²) in [5.74, 6) is -0.463. The number of benzene rings is 1. The normalized spacial score (nSPS) is 12.5. The van der Waals surface area contributed by atoms with E-state index in [2.05, 4.69) is 15.4 Å². The lowest BCUT2D eigenvalue weighted by Gasteiger charge is -2.17. The molecule has 6 nitrogen and oxygen atoms in total. The van der Waals surface area contributed by atoms with Crippen molar-refractivity contribution in [3.63, 3.8) is 0 Å². The van der Waals surface area contributed by atoms with Crippen LogP contribution < -0.4 is 5.32 Å². The Labute approximate surface area is 130 Å². The molecule has 6 heteroatoms. The Balaban J connectivity index is 2.04. The number of carboxylic acids is 1. The van der Waals surface area contributed by atoms with E-state index >= 15 is 0 Å². The van der Waals surface area contributed by atoms with Gasteiger partial charge in [0.1, 0.15) is 18.7 Å². The van der Waals surface area contributed by atoms with Crippen LogP contribution in [0.2, 0.25) is 0 Å². The van der Waals surface area contributed by atoms with E-state index in [4.69, 9.17) is 0 Å². The summed E-state index contributed by atoms with van der Waals surface area (Å²) in [6, 6.07) is 5.47. The number of rotatable bonds is 7. The Morgan fingerprint density at radius 2 is 2.18 bits per heavy atom. The lowest BCUT2D eigenvalue weighted by molar-refractivity contribution is -0.140.